The SMILES string of the molecule is CCCC=CCB1OC(=O)CN(C)CC(=O)O1. The van der Waals surface area contributed by atoms with E-state index in [-0.39, 0.29) is 25.0 Å². The van der Waals surface area contributed by atoms with Gasteiger partial charge >= 0.3 is 19.1 Å². The van der Waals surface area contributed by atoms with E-state index in [0.29, 0.717) is 6.32 Å². The van der Waals surface area contributed by atoms with Gasteiger partial charge in [0.15, 0.2) is 0 Å². The van der Waals surface area contributed by atoms with Crippen LogP contribution in [0.5, 0.6) is 0 Å². The Morgan fingerprint density at radius 1 is 1.24 bits per heavy atom. The first-order valence-electron chi connectivity index (χ1n) is 5.84. The predicted molar refractivity (Wildman–Crippen MR) is 64.3 cm³/mol. The fraction of sp³-hybridized carbons (Fsp3) is 0.636. The summed E-state index contributed by atoms with van der Waals surface area (Å²) in [6.45, 7) is 2.31. The van der Waals surface area contributed by atoms with E-state index < -0.39 is 7.12 Å². The predicted octanol–water partition coefficient (Wildman–Crippen LogP) is 0.863. The molecule has 0 N–H and O–H groups in total. The highest BCUT2D eigenvalue weighted by Crippen LogP contribution is 2.05. The molecule has 17 heavy (non-hydrogen) atoms. The van der Waals surface area contributed by atoms with Crippen LogP contribution >= 0.6 is 0 Å². The maximum Gasteiger partial charge on any atom is 0.602 e. The van der Waals surface area contributed by atoms with E-state index in [0.717, 1.165) is 12.8 Å². The number of likely N-dealkylation sites (N-methyl/N-ethyl adjacent to an activating group) is 1. The Morgan fingerprint density at radius 2 is 1.82 bits per heavy atom. The maximum atomic E-state index is 11.4. The first-order valence-corrected chi connectivity index (χ1v) is 5.84. The number of unbranched alkanes of at least 4 members (excludes halogenated alkanes) is 1. The number of carbonyl (C=O) groups is 2. The molecule has 0 aromatic carbocycles. The molecular weight excluding hydrogens is 221 g/mol. The van der Waals surface area contributed by atoms with E-state index in [2.05, 4.69) is 6.92 Å². The first-order chi connectivity index (χ1) is 8.11. The summed E-state index contributed by atoms with van der Waals surface area (Å²) in [6, 6.07) is 0. The Bertz CT molecular complexity index is 286. The van der Waals surface area contributed by atoms with Gasteiger partial charge in [0.05, 0.1) is 13.1 Å². The van der Waals surface area contributed by atoms with E-state index in [1.165, 1.54) is 0 Å². The van der Waals surface area contributed by atoms with Crippen LogP contribution in [0.15, 0.2) is 12.2 Å². The number of rotatable bonds is 4. The molecule has 1 aliphatic heterocycles. The average Bonchev–Trinajstić information content (AvgIpc) is 2.21. The third kappa shape index (κ3) is 5.54. The van der Waals surface area contributed by atoms with Crippen LogP contribution in [0.1, 0.15) is 19.8 Å². The summed E-state index contributed by atoms with van der Waals surface area (Å²) in [7, 11) is 0.890. The van der Waals surface area contributed by atoms with Gasteiger partial charge in [0.25, 0.3) is 0 Å². The smallest absolute Gasteiger partial charge is 0.498 e. The molecule has 0 saturated carbocycles. The van der Waals surface area contributed by atoms with Crippen LogP contribution < -0.4 is 0 Å². The molecule has 0 amide bonds. The zero-order valence-electron chi connectivity index (χ0n) is 10.3. The minimum Gasteiger partial charge on any atom is -0.498 e. The van der Waals surface area contributed by atoms with Crippen molar-refractivity contribution in [1.29, 1.82) is 0 Å². The highest BCUT2D eigenvalue weighted by Gasteiger charge is 2.30. The van der Waals surface area contributed by atoms with Crippen LogP contribution in [0, 0.1) is 0 Å². The van der Waals surface area contributed by atoms with Crippen LogP contribution in [0.3, 0.4) is 0 Å². The summed E-state index contributed by atoms with van der Waals surface area (Å²) in [6.07, 6.45) is 6.32. The monoisotopic (exact) mass is 239 g/mol. The van der Waals surface area contributed by atoms with Crippen molar-refractivity contribution in [3.8, 4) is 0 Å². The van der Waals surface area contributed by atoms with Gasteiger partial charge in [-0.1, -0.05) is 25.5 Å². The lowest BCUT2D eigenvalue weighted by molar-refractivity contribution is -0.145. The topological polar surface area (TPSA) is 55.8 Å². The summed E-state index contributed by atoms with van der Waals surface area (Å²) in [5.74, 6) is -0.734. The Morgan fingerprint density at radius 3 is 2.35 bits per heavy atom. The standard InChI is InChI=1S/C11H18BNO4/c1-3-4-5-6-7-12-16-10(14)8-13(2)9-11(15)17-12/h5-6H,3-4,7-9H2,1-2H3. The summed E-state index contributed by atoms with van der Waals surface area (Å²) in [5, 5.41) is 0. The normalized spacial score (nSPS) is 18.8. The first kappa shape index (κ1) is 13.8. The second kappa shape index (κ2) is 7.11. The second-order valence-corrected chi connectivity index (χ2v) is 4.08. The number of allylic oxidation sites excluding steroid dienone is 2. The number of hydrogen-bond donors (Lipinski definition) is 0. The van der Waals surface area contributed by atoms with E-state index in [1.807, 2.05) is 12.2 Å². The van der Waals surface area contributed by atoms with Crippen molar-refractivity contribution in [3.63, 3.8) is 0 Å². The van der Waals surface area contributed by atoms with Crippen molar-refractivity contribution < 1.29 is 18.9 Å². The molecule has 0 unspecified atom stereocenters. The minimum absolute atomic E-state index is 0.115. The Kier molecular flexibility index (Phi) is 5.76. The van der Waals surface area contributed by atoms with E-state index in [9.17, 15) is 9.59 Å². The maximum absolute atomic E-state index is 11.4. The number of nitrogens with zero attached hydrogens (tertiary/aromatic N) is 1. The van der Waals surface area contributed by atoms with Gasteiger partial charge in [-0.3, -0.25) is 14.5 Å². The highest BCUT2D eigenvalue weighted by atomic mass is 16.6. The molecule has 0 aromatic rings. The van der Waals surface area contributed by atoms with Gasteiger partial charge in [-0.25, -0.2) is 0 Å². The molecule has 0 aliphatic carbocycles. The zero-order valence-corrected chi connectivity index (χ0v) is 10.3. The van der Waals surface area contributed by atoms with Crippen molar-refractivity contribution >= 4 is 19.1 Å². The molecule has 0 atom stereocenters. The van der Waals surface area contributed by atoms with Crippen molar-refractivity contribution in [3.05, 3.63) is 12.2 Å². The Hall–Kier alpha value is -1.30. The largest absolute Gasteiger partial charge is 0.602 e. The molecule has 0 radical (unpaired) electrons. The fourth-order valence-electron chi connectivity index (χ4n) is 1.48. The van der Waals surface area contributed by atoms with Gasteiger partial charge in [0.1, 0.15) is 0 Å². The molecule has 0 bridgehead atoms. The minimum atomic E-state index is -0.781. The lowest BCUT2D eigenvalue weighted by atomic mass is 9.84. The van der Waals surface area contributed by atoms with Crippen LogP contribution in [-0.4, -0.2) is 44.1 Å². The molecule has 1 heterocycles. The van der Waals surface area contributed by atoms with Gasteiger partial charge in [-0.2, -0.15) is 0 Å². The third-order valence-electron chi connectivity index (χ3n) is 2.27. The average molecular weight is 239 g/mol. The lowest BCUT2D eigenvalue weighted by Gasteiger charge is -2.21. The second-order valence-electron chi connectivity index (χ2n) is 4.08. The van der Waals surface area contributed by atoms with Crippen molar-refractivity contribution in [1.82, 2.24) is 4.90 Å². The molecule has 94 valence electrons. The van der Waals surface area contributed by atoms with Crippen LogP contribution in [0.25, 0.3) is 0 Å². The van der Waals surface area contributed by atoms with Crippen LogP contribution in [0.4, 0.5) is 0 Å². The van der Waals surface area contributed by atoms with Crippen LogP contribution in [-0.2, 0) is 18.9 Å². The van der Waals surface area contributed by atoms with E-state index in [1.54, 1.807) is 11.9 Å². The quantitative estimate of drug-likeness (QED) is 0.538. The molecule has 1 rings (SSSR count). The molecule has 1 saturated heterocycles. The van der Waals surface area contributed by atoms with Crippen molar-refractivity contribution in [2.75, 3.05) is 20.1 Å². The van der Waals surface area contributed by atoms with Gasteiger partial charge in [-0.15, -0.1) is 0 Å². The summed E-state index contributed by atoms with van der Waals surface area (Å²) < 4.78 is 10.1. The van der Waals surface area contributed by atoms with Gasteiger partial charge in [-0.05, 0) is 13.5 Å². The summed E-state index contributed by atoms with van der Waals surface area (Å²) in [5.41, 5.74) is 0. The van der Waals surface area contributed by atoms with Gasteiger partial charge in [0.2, 0.25) is 0 Å². The number of carbonyl (C=O) groups excluding carboxylic acids is 2. The van der Waals surface area contributed by atoms with Gasteiger partial charge in [0, 0.05) is 6.32 Å². The van der Waals surface area contributed by atoms with E-state index in [4.69, 9.17) is 9.31 Å². The summed E-state index contributed by atoms with van der Waals surface area (Å²) >= 11 is 0. The Labute approximate surface area is 102 Å². The summed E-state index contributed by atoms with van der Waals surface area (Å²) in [4.78, 5) is 24.3. The third-order valence-corrected chi connectivity index (χ3v) is 2.27. The molecule has 6 heteroatoms. The van der Waals surface area contributed by atoms with E-state index >= 15 is 0 Å². The molecule has 1 fully saturated rings. The molecule has 0 aromatic heterocycles. The fourth-order valence-corrected chi connectivity index (χ4v) is 1.48. The molecule has 5 nitrogen and oxygen atoms in total. The zero-order chi connectivity index (χ0) is 12.7. The lowest BCUT2D eigenvalue weighted by Crippen LogP contribution is -2.42. The Balaban J connectivity index is 2.47. The highest BCUT2D eigenvalue weighted by molar-refractivity contribution is 6.49. The van der Waals surface area contributed by atoms with Crippen LogP contribution in [0.2, 0.25) is 6.32 Å². The molecule has 0 spiro atoms. The molecular formula is C11H18BNO4. The van der Waals surface area contributed by atoms with Crippen molar-refractivity contribution in [2.24, 2.45) is 0 Å². The van der Waals surface area contributed by atoms with Gasteiger partial charge < -0.3 is 9.31 Å². The molecule has 1 aliphatic rings. The van der Waals surface area contributed by atoms with Crippen molar-refractivity contribution in [2.45, 2.75) is 26.1 Å². The number of hydrogen-bond acceptors (Lipinski definition) is 5.